The molecule has 0 aromatic carbocycles. The van der Waals surface area contributed by atoms with Crippen LogP contribution in [0.25, 0.3) is 0 Å². The van der Waals surface area contributed by atoms with Crippen molar-refractivity contribution in [2.45, 2.75) is 475 Å². The van der Waals surface area contributed by atoms with Crippen molar-refractivity contribution in [3.63, 3.8) is 0 Å². The smallest absolute Gasteiger partial charge is 0.305 e. The number of carbonyl (C=O) groups excluding carboxylic acids is 2. The lowest BCUT2D eigenvalue weighted by atomic mass is 10.0. The number of hydrogen-bond donors (Lipinski definition) is 3. The summed E-state index contributed by atoms with van der Waals surface area (Å²) in [6, 6.07) is -0.627. The summed E-state index contributed by atoms with van der Waals surface area (Å²) in [7, 11) is 0. The van der Waals surface area contributed by atoms with Crippen LogP contribution >= 0.6 is 0 Å². The molecule has 0 bridgehead atoms. The zero-order valence-corrected chi connectivity index (χ0v) is 61.1. The van der Waals surface area contributed by atoms with Crippen molar-refractivity contribution in [3.8, 4) is 0 Å². The van der Waals surface area contributed by atoms with Crippen LogP contribution in [0.15, 0.2) is 36.5 Å². The van der Waals surface area contributed by atoms with Crippen LogP contribution in [0.4, 0.5) is 0 Å². The van der Waals surface area contributed by atoms with Crippen LogP contribution in [0.1, 0.15) is 463 Å². The molecule has 1 amide bonds. The Bertz CT molecular complexity index is 1460. The number of allylic oxidation sites excluding steroid dienone is 5. The molecule has 0 heterocycles. The minimum absolute atomic E-state index is 0.0107. The van der Waals surface area contributed by atoms with Gasteiger partial charge in [-0.3, -0.25) is 9.59 Å². The summed E-state index contributed by atoms with van der Waals surface area (Å²) >= 11 is 0. The molecule has 90 heavy (non-hydrogen) atoms. The highest BCUT2D eigenvalue weighted by molar-refractivity contribution is 5.76. The highest BCUT2D eigenvalue weighted by Crippen LogP contribution is 2.20. The van der Waals surface area contributed by atoms with E-state index in [0.717, 1.165) is 44.9 Å². The molecule has 0 aromatic rings. The van der Waals surface area contributed by atoms with Crippen LogP contribution in [-0.4, -0.2) is 47.4 Å². The first-order chi connectivity index (χ1) is 44.5. The van der Waals surface area contributed by atoms with Crippen molar-refractivity contribution >= 4 is 11.9 Å². The molecule has 532 valence electrons. The Labute approximate surface area is 564 Å². The lowest BCUT2D eigenvalue weighted by molar-refractivity contribution is -0.143. The molecule has 0 fully saturated rings. The minimum atomic E-state index is -0.843. The lowest BCUT2D eigenvalue weighted by Gasteiger charge is -2.20. The molecule has 3 N–H and O–H groups in total. The van der Waals surface area contributed by atoms with Gasteiger partial charge in [0.2, 0.25) is 5.91 Å². The van der Waals surface area contributed by atoms with Gasteiger partial charge in [0.05, 0.1) is 25.4 Å². The van der Waals surface area contributed by atoms with Gasteiger partial charge in [0.15, 0.2) is 0 Å². The number of hydrogen-bond acceptors (Lipinski definition) is 5. The van der Waals surface area contributed by atoms with Gasteiger partial charge in [-0.05, 0) is 77.0 Å². The fourth-order valence-electron chi connectivity index (χ4n) is 13.1. The number of nitrogens with one attached hydrogen (secondary N) is 1. The van der Waals surface area contributed by atoms with Gasteiger partial charge in [0.25, 0.3) is 0 Å². The number of aliphatic hydroxyl groups excluding tert-OH is 2. The van der Waals surface area contributed by atoms with Crippen molar-refractivity contribution in [1.29, 1.82) is 0 Å². The van der Waals surface area contributed by atoms with Crippen molar-refractivity contribution < 1.29 is 24.5 Å². The van der Waals surface area contributed by atoms with Crippen LogP contribution in [0.5, 0.6) is 0 Å². The van der Waals surface area contributed by atoms with E-state index >= 15 is 0 Å². The number of aliphatic hydroxyl groups is 2. The maximum atomic E-state index is 12.6. The van der Waals surface area contributed by atoms with Gasteiger partial charge in [-0.25, -0.2) is 0 Å². The summed E-state index contributed by atoms with van der Waals surface area (Å²) in [5, 5.41) is 23.3. The van der Waals surface area contributed by atoms with Gasteiger partial charge in [0.1, 0.15) is 0 Å². The summed E-state index contributed by atoms with van der Waals surface area (Å²) in [6.07, 6.45) is 104. The standard InChI is InChI=1S/C84H161NO5/c1-3-5-7-9-11-13-15-16-17-18-19-20-21-35-38-41-44-47-50-53-57-60-64-68-72-76-82(87)81(80-86)85-83(88)77-73-69-65-61-58-54-51-48-45-42-39-36-33-31-29-27-25-23-22-24-26-28-30-32-34-37-40-43-46-49-52-55-59-63-67-71-75-79-90-84(89)78-74-70-66-62-56-14-12-10-8-6-4-2/h10,12,22,24,72,76,81-82,86-87H,3-9,11,13-21,23,25-71,73-75,77-80H2,1-2H3,(H,85,88)/b12-10-,24-22-,76-72+. The summed E-state index contributed by atoms with van der Waals surface area (Å²) in [5.41, 5.74) is 0. The van der Waals surface area contributed by atoms with E-state index in [9.17, 15) is 19.8 Å². The monoisotopic (exact) mass is 1260 g/mol. The first kappa shape index (κ1) is 88.1. The van der Waals surface area contributed by atoms with Crippen molar-refractivity contribution in [2.24, 2.45) is 0 Å². The van der Waals surface area contributed by atoms with E-state index in [-0.39, 0.29) is 18.5 Å². The van der Waals surface area contributed by atoms with Gasteiger partial charge >= 0.3 is 5.97 Å². The Hall–Kier alpha value is -1.92. The Morgan fingerprint density at radius 1 is 0.300 bits per heavy atom. The Morgan fingerprint density at radius 2 is 0.533 bits per heavy atom. The molecule has 0 saturated heterocycles. The van der Waals surface area contributed by atoms with Gasteiger partial charge in [-0.1, -0.05) is 410 Å². The van der Waals surface area contributed by atoms with E-state index in [4.69, 9.17) is 4.74 Å². The second-order valence-corrected chi connectivity index (χ2v) is 28.4. The van der Waals surface area contributed by atoms with Gasteiger partial charge < -0.3 is 20.3 Å². The molecule has 0 saturated carbocycles. The highest BCUT2D eigenvalue weighted by atomic mass is 16.5. The molecule has 6 nitrogen and oxygen atoms in total. The number of rotatable bonds is 78. The zero-order valence-electron chi connectivity index (χ0n) is 61.1. The Kier molecular flexibility index (Phi) is 77.8. The molecule has 0 aromatic heterocycles. The molecule has 0 radical (unpaired) electrons. The van der Waals surface area contributed by atoms with E-state index in [1.807, 2.05) is 6.08 Å². The first-order valence-electron chi connectivity index (χ1n) is 41.3. The van der Waals surface area contributed by atoms with Crippen molar-refractivity contribution in [2.75, 3.05) is 13.2 Å². The second kappa shape index (κ2) is 79.5. The van der Waals surface area contributed by atoms with Crippen LogP contribution in [-0.2, 0) is 14.3 Å². The summed E-state index contributed by atoms with van der Waals surface area (Å²) in [5.74, 6) is -0.0479. The average molecular weight is 1270 g/mol. The molecular formula is C84H161NO5. The van der Waals surface area contributed by atoms with Crippen LogP contribution in [0, 0.1) is 0 Å². The summed E-state index contributed by atoms with van der Waals surface area (Å²) < 4.78 is 5.47. The van der Waals surface area contributed by atoms with E-state index in [0.29, 0.717) is 19.4 Å². The first-order valence-corrected chi connectivity index (χ1v) is 41.3. The SMILES string of the molecule is CCCC/C=C\CCCCCCCC(=O)OCCCCCCCCCCCCCCCCCC/C=C\CCCCCCCCCCCCCCCCCCCC(=O)NC(CO)C(O)/C=C/CCCCCCCCCCCCCCCCCCCCCCCCC. The number of carbonyl (C=O) groups is 2. The summed E-state index contributed by atoms with van der Waals surface area (Å²) in [6.45, 7) is 4.92. The Morgan fingerprint density at radius 3 is 0.822 bits per heavy atom. The molecule has 0 spiro atoms. The number of esters is 1. The fourth-order valence-corrected chi connectivity index (χ4v) is 13.1. The van der Waals surface area contributed by atoms with Crippen LogP contribution < -0.4 is 5.32 Å². The lowest BCUT2D eigenvalue weighted by Crippen LogP contribution is -2.45. The van der Waals surface area contributed by atoms with Gasteiger partial charge in [0, 0.05) is 12.8 Å². The molecule has 0 aliphatic rings. The molecule has 2 unspecified atom stereocenters. The third kappa shape index (κ3) is 75.1. The van der Waals surface area contributed by atoms with Gasteiger partial charge in [-0.2, -0.15) is 0 Å². The summed E-state index contributed by atoms with van der Waals surface area (Å²) in [4.78, 5) is 24.6. The van der Waals surface area contributed by atoms with Crippen molar-refractivity contribution in [1.82, 2.24) is 5.32 Å². The van der Waals surface area contributed by atoms with Crippen LogP contribution in [0.3, 0.4) is 0 Å². The predicted octanol–water partition coefficient (Wildman–Crippen LogP) is 27.4. The number of unbranched alkanes of at least 4 members (excludes halogenated alkanes) is 63. The zero-order chi connectivity index (χ0) is 64.9. The third-order valence-corrected chi connectivity index (χ3v) is 19.4. The maximum Gasteiger partial charge on any atom is 0.305 e. The largest absolute Gasteiger partial charge is 0.466 e. The minimum Gasteiger partial charge on any atom is -0.466 e. The fraction of sp³-hybridized carbons (Fsp3) is 0.905. The second-order valence-electron chi connectivity index (χ2n) is 28.4. The molecular weight excluding hydrogens is 1100 g/mol. The highest BCUT2D eigenvalue weighted by Gasteiger charge is 2.18. The Balaban J connectivity index is 3.36. The number of amides is 1. The normalized spacial score (nSPS) is 12.6. The molecule has 0 rings (SSSR count). The quantitative estimate of drug-likeness (QED) is 0.0320. The average Bonchev–Trinajstić information content (AvgIpc) is 3.62. The van der Waals surface area contributed by atoms with Gasteiger partial charge in [-0.15, -0.1) is 0 Å². The van der Waals surface area contributed by atoms with E-state index < -0.39 is 12.1 Å². The van der Waals surface area contributed by atoms with E-state index in [1.165, 1.54) is 392 Å². The van der Waals surface area contributed by atoms with Crippen molar-refractivity contribution in [3.05, 3.63) is 36.5 Å². The van der Waals surface area contributed by atoms with E-state index in [1.54, 1.807) is 6.08 Å². The molecule has 6 heteroatoms. The predicted molar refractivity (Wildman–Crippen MR) is 398 cm³/mol. The molecule has 0 aliphatic carbocycles. The molecule has 0 aliphatic heterocycles. The van der Waals surface area contributed by atoms with E-state index in [2.05, 4.69) is 43.5 Å². The van der Waals surface area contributed by atoms with Crippen LogP contribution in [0.2, 0.25) is 0 Å². The molecule has 2 atom stereocenters. The topological polar surface area (TPSA) is 95.9 Å². The maximum absolute atomic E-state index is 12.6. The number of ether oxygens (including phenoxy) is 1. The third-order valence-electron chi connectivity index (χ3n) is 19.4.